The molecular weight excluding hydrogens is 234 g/mol. The highest BCUT2D eigenvalue weighted by Crippen LogP contribution is 2.31. The molecule has 3 rings (SSSR count). The van der Waals surface area contributed by atoms with Gasteiger partial charge >= 0.3 is 0 Å². The summed E-state index contributed by atoms with van der Waals surface area (Å²) in [5.41, 5.74) is 2.01. The Morgan fingerprint density at radius 2 is 2.22 bits per heavy atom. The van der Waals surface area contributed by atoms with Gasteiger partial charge in [-0.05, 0) is 25.5 Å². The third-order valence-corrected chi connectivity index (χ3v) is 3.37. The lowest BCUT2D eigenvalue weighted by Gasteiger charge is -2.20. The summed E-state index contributed by atoms with van der Waals surface area (Å²) in [5.74, 6) is -0.326. The molecule has 94 valence electrons. The van der Waals surface area contributed by atoms with Crippen molar-refractivity contribution in [3.63, 3.8) is 0 Å². The molecule has 0 N–H and O–H groups in total. The van der Waals surface area contributed by atoms with Crippen LogP contribution < -0.4 is 4.90 Å². The van der Waals surface area contributed by atoms with Gasteiger partial charge in [-0.15, -0.1) is 0 Å². The zero-order chi connectivity index (χ0) is 12.7. The van der Waals surface area contributed by atoms with Crippen molar-refractivity contribution < 1.29 is 8.78 Å². The normalized spacial score (nSPS) is 19.7. The van der Waals surface area contributed by atoms with Crippen molar-refractivity contribution in [1.29, 1.82) is 0 Å². The third-order valence-electron chi connectivity index (χ3n) is 3.37. The highest BCUT2D eigenvalue weighted by molar-refractivity contribution is 5.92. The maximum Gasteiger partial charge on any atom is 0.149 e. The van der Waals surface area contributed by atoms with Crippen LogP contribution in [0.25, 0.3) is 10.9 Å². The van der Waals surface area contributed by atoms with E-state index in [2.05, 4.69) is 4.98 Å². The molecule has 0 spiro atoms. The van der Waals surface area contributed by atoms with Crippen molar-refractivity contribution in [2.45, 2.75) is 19.5 Å². The average molecular weight is 248 g/mol. The van der Waals surface area contributed by atoms with Crippen LogP contribution in [0, 0.1) is 12.7 Å². The summed E-state index contributed by atoms with van der Waals surface area (Å²) >= 11 is 0. The molecule has 2 aromatic rings. The van der Waals surface area contributed by atoms with Crippen LogP contribution in [0.1, 0.15) is 12.1 Å². The summed E-state index contributed by atoms with van der Waals surface area (Å²) in [6.07, 6.45) is -0.250. The summed E-state index contributed by atoms with van der Waals surface area (Å²) in [7, 11) is 0. The number of fused-ring (bicyclic) bond motifs is 1. The molecule has 0 radical (unpaired) electrons. The number of rotatable bonds is 1. The van der Waals surface area contributed by atoms with Crippen LogP contribution in [0.3, 0.4) is 0 Å². The van der Waals surface area contributed by atoms with Gasteiger partial charge < -0.3 is 4.90 Å². The molecule has 2 heterocycles. The number of para-hydroxylation sites is 1. The number of nitrogens with zero attached hydrogens (tertiary/aromatic N) is 2. The van der Waals surface area contributed by atoms with Crippen molar-refractivity contribution in [2.75, 3.05) is 18.0 Å². The molecule has 0 saturated carbocycles. The van der Waals surface area contributed by atoms with E-state index in [1.807, 2.05) is 24.0 Å². The third kappa shape index (κ3) is 1.82. The molecule has 2 nitrogen and oxygen atoms in total. The van der Waals surface area contributed by atoms with E-state index in [1.54, 1.807) is 6.07 Å². The number of alkyl halides is 1. The number of anilines is 1. The molecule has 1 saturated heterocycles. The van der Waals surface area contributed by atoms with E-state index in [-0.39, 0.29) is 5.82 Å². The summed E-state index contributed by atoms with van der Waals surface area (Å²) in [5, 5.41) is 0.759. The number of hydrogen-bond donors (Lipinski definition) is 0. The van der Waals surface area contributed by atoms with Crippen LogP contribution in [0.4, 0.5) is 14.5 Å². The molecule has 1 aliphatic heterocycles. The van der Waals surface area contributed by atoms with Crippen LogP contribution in [0.5, 0.6) is 0 Å². The van der Waals surface area contributed by atoms with E-state index in [0.717, 1.165) is 16.8 Å². The number of pyridine rings is 1. The van der Waals surface area contributed by atoms with Gasteiger partial charge in [0.1, 0.15) is 17.5 Å². The number of aryl methyl sites for hydroxylation is 1. The minimum Gasteiger partial charge on any atom is -0.368 e. The second-order valence-corrected chi connectivity index (χ2v) is 4.75. The molecule has 1 aromatic carbocycles. The Morgan fingerprint density at radius 3 is 2.94 bits per heavy atom. The molecule has 1 aromatic heterocycles. The zero-order valence-corrected chi connectivity index (χ0v) is 10.2. The Bertz CT molecular complexity index is 598. The van der Waals surface area contributed by atoms with Crippen molar-refractivity contribution >= 4 is 16.6 Å². The van der Waals surface area contributed by atoms with Gasteiger partial charge in [-0.2, -0.15) is 0 Å². The zero-order valence-electron chi connectivity index (χ0n) is 10.2. The van der Waals surface area contributed by atoms with Gasteiger partial charge in [0, 0.05) is 29.9 Å². The molecular formula is C14H14F2N2. The van der Waals surface area contributed by atoms with Crippen molar-refractivity contribution in [2.24, 2.45) is 0 Å². The molecule has 0 amide bonds. The van der Waals surface area contributed by atoms with E-state index >= 15 is 0 Å². The number of benzene rings is 1. The fourth-order valence-electron chi connectivity index (χ4n) is 2.52. The first-order valence-corrected chi connectivity index (χ1v) is 6.10. The SMILES string of the molecule is Cc1cc(N2CCC(F)C2)c2cccc(F)c2n1. The molecule has 0 bridgehead atoms. The van der Waals surface area contributed by atoms with Crippen LogP contribution >= 0.6 is 0 Å². The Morgan fingerprint density at radius 1 is 1.39 bits per heavy atom. The quantitative estimate of drug-likeness (QED) is 0.770. The molecule has 1 unspecified atom stereocenters. The second-order valence-electron chi connectivity index (χ2n) is 4.75. The van der Waals surface area contributed by atoms with Gasteiger partial charge in [0.25, 0.3) is 0 Å². The summed E-state index contributed by atoms with van der Waals surface area (Å²) in [6.45, 7) is 2.89. The molecule has 1 fully saturated rings. The van der Waals surface area contributed by atoms with Crippen molar-refractivity contribution in [3.05, 3.63) is 35.8 Å². The monoisotopic (exact) mass is 248 g/mol. The minimum atomic E-state index is -0.790. The first-order valence-electron chi connectivity index (χ1n) is 6.10. The van der Waals surface area contributed by atoms with Crippen LogP contribution in [0.2, 0.25) is 0 Å². The smallest absolute Gasteiger partial charge is 0.149 e. The van der Waals surface area contributed by atoms with Crippen LogP contribution in [-0.2, 0) is 0 Å². The molecule has 4 heteroatoms. The summed E-state index contributed by atoms with van der Waals surface area (Å²) in [4.78, 5) is 6.20. The van der Waals surface area contributed by atoms with Gasteiger partial charge in [-0.3, -0.25) is 0 Å². The van der Waals surface area contributed by atoms with Crippen LogP contribution in [-0.4, -0.2) is 24.2 Å². The second kappa shape index (κ2) is 4.19. The predicted molar refractivity (Wildman–Crippen MR) is 68.2 cm³/mol. The standard InChI is InChI=1S/C14H14F2N2/c1-9-7-13(18-6-5-10(15)8-18)11-3-2-4-12(16)14(11)17-9/h2-4,7,10H,5-6,8H2,1H3. The number of aromatic nitrogens is 1. The van der Waals surface area contributed by atoms with Crippen molar-refractivity contribution in [1.82, 2.24) is 4.98 Å². The topological polar surface area (TPSA) is 16.1 Å². The first kappa shape index (κ1) is 11.4. The lowest BCUT2D eigenvalue weighted by atomic mass is 10.1. The molecule has 0 aliphatic carbocycles. The highest BCUT2D eigenvalue weighted by Gasteiger charge is 2.24. The van der Waals surface area contributed by atoms with E-state index in [1.165, 1.54) is 6.07 Å². The Balaban J connectivity index is 2.19. The van der Waals surface area contributed by atoms with E-state index in [0.29, 0.717) is 25.0 Å². The lowest BCUT2D eigenvalue weighted by molar-refractivity contribution is 0.364. The van der Waals surface area contributed by atoms with E-state index in [9.17, 15) is 8.78 Å². The van der Waals surface area contributed by atoms with Gasteiger partial charge in [0.05, 0.1) is 0 Å². The van der Waals surface area contributed by atoms with Gasteiger partial charge in [0.2, 0.25) is 0 Å². The Hall–Kier alpha value is -1.71. The van der Waals surface area contributed by atoms with Gasteiger partial charge in [-0.25, -0.2) is 13.8 Å². The van der Waals surface area contributed by atoms with Crippen LogP contribution in [0.15, 0.2) is 24.3 Å². The summed E-state index contributed by atoms with van der Waals surface area (Å²) < 4.78 is 27.1. The molecule has 1 aliphatic rings. The predicted octanol–water partition coefficient (Wildman–Crippen LogP) is 3.23. The molecule has 18 heavy (non-hydrogen) atoms. The largest absolute Gasteiger partial charge is 0.368 e. The van der Waals surface area contributed by atoms with E-state index < -0.39 is 6.17 Å². The fraction of sp³-hybridized carbons (Fsp3) is 0.357. The lowest BCUT2D eigenvalue weighted by Crippen LogP contribution is -2.20. The Kier molecular flexibility index (Phi) is 2.65. The van der Waals surface area contributed by atoms with Gasteiger partial charge in [0.15, 0.2) is 0 Å². The average Bonchev–Trinajstić information content (AvgIpc) is 2.76. The fourth-order valence-corrected chi connectivity index (χ4v) is 2.52. The maximum absolute atomic E-state index is 13.8. The number of halogens is 2. The van der Waals surface area contributed by atoms with Gasteiger partial charge in [-0.1, -0.05) is 12.1 Å². The maximum atomic E-state index is 13.8. The molecule has 1 atom stereocenters. The Labute approximate surface area is 104 Å². The summed E-state index contributed by atoms with van der Waals surface area (Å²) in [6, 6.07) is 6.81. The highest BCUT2D eigenvalue weighted by atomic mass is 19.1. The number of hydrogen-bond acceptors (Lipinski definition) is 2. The van der Waals surface area contributed by atoms with E-state index in [4.69, 9.17) is 0 Å². The van der Waals surface area contributed by atoms with Crippen molar-refractivity contribution in [3.8, 4) is 0 Å². The first-order chi connectivity index (χ1) is 8.65. The minimum absolute atomic E-state index is 0.326.